The van der Waals surface area contributed by atoms with E-state index < -0.39 is 59.7 Å². The zero-order chi connectivity index (χ0) is 37.8. The molecule has 0 bridgehead atoms. The normalized spacial score (nSPS) is 6.10. The quantitative estimate of drug-likeness (QED) is 0.182. The highest BCUT2D eigenvalue weighted by atomic mass is 16.4. The van der Waals surface area contributed by atoms with Gasteiger partial charge in [-0.15, -0.1) is 0 Å². The van der Waals surface area contributed by atoms with E-state index in [0.717, 1.165) is 69.2 Å². The summed E-state index contributed by atoms with van der Waals surface area (Å²) >= 11 is 0. The molecule has 10 N–H and O–H groups in total. The van der Waals surface area contributed by atoms with Crippen molar-refractivity contribution in [2.24, 2.45) is 0 Å². The molecule has 0 aromatic heterocycles. The minimum Gasteiger partial charge on any atom is -0.481 e. The summed E-state index contributed by atoms with van der Waals surface area (Å²) in [6.45, 7) is 15.8. The van der Waals surface area contributed by atoms with Crippen LogP contribution in [0, 0.1) is 6.92 Å². The predicted octanol–water partition coefficient (Wildman–Crippen LogP) is 1.75. The zero-order valence-electron chi connectivity index (χ0n) is 25.3. The second-order valence-electron chi connectivity index (χ2n) is 5.19. The third-order valence-electron chi connectivity index (χ3n) is 0. The van der Waals surface area contributed by atoms with Gasteiger partial charge in [-0.2, -0.15) is 0 Å². The van der Waals surface area contributed by atoms with E-state index in [0.29, 0.717) is 0 Å². The first-order valence-electron chi connectivity index (χ1n) is 9.98. The van der Waals surface area contributed by atoms with Gasteiger partial charge in [-0.1, -0.05) is 13.8 Å². The Morgan fingerprint density at radius 2 is 0.238 bits per heavy atom. The second-order valence-corrected chi connectivity index (χ2v) is 5.19. The van der Waals surface area contributed by atoms with E-state index in [1.54, 1.807) is 6.92 Å². The molecule has 0 atom stereocenters. The SMILES string of the molecule is CC(=O)O.CC(=O)O.CC(=O)O.CC(=O)O.CC(=O)O.CC(=O)O.CC(=O)O.CC(=O)O.CC(=O)O.CC(=O)O.[CH2]C. The van der Waals surface area contributed by atoms with Crippen LogP contribution in [0.5, 0.6) is 0 Å². The summed E-state index contributed by atoms with van der Waals surface area (Å²) in [6, 6.07) is 0. The number of rotatable bonds is 0. The maximum atomic E-state index is 9.00. The van der Waals surface area contributed by atoms with Crippen molar-refractivity contribution < 1.29 is 99.0 Å². The highest BCUT2D eigenvalue weighted by Crippen LogP contribution is 1.45. The molecule has 0 spiro atoms. The third-order valence-corrected chi connectivity index (χ3v) is 0. The molecule has 20 heteroatoms. The summed E-state index contributed by atoms with van der Waals surface area (Å²) < 4.78 is 0. The number of carboxylic acid groups (broad SMARTS) is 10. The lowest BCUT2D eigenvalue weighted by atomic mass is 10.9. The van der Waals surface area contributed by atoms with Crippen molar-refractivity contribution in [1.82, 2.24) is 0 Å². The molecule has 20 nitrogen and oxygen atoms in total. The molecule has 0 aromatic rings. The fourth-order valence-electron chi connectivity index (χ4n) is 0. The topological polar surface area (TPSA) is 373 Å². The van der Waals surface area contributed by atoms with Crippen molar-refractivity contribution in [1.29, 1.82) is 0 Å². The average molecular weight is 630 g/mol. The zero-order valence-corrected chi connectivity index (χ0v) is 25.3. The smallest absolute Gasteiger partial charge is 0.300 e. The van der Waals surface area contributed by atoms with Gasteiger partial charge < -0.3 is 51.1 Å². The lowest BCUT2D eigenvalue weighted by Crippen LogP contribution is -1.78. The number of hydrogen-bond donors (Lipinski definition) is 10. The average Bonchev–Trinajstić information content (AvgIpc) is 2.57. The van der Waals surface area contributed by atoms with Gasteiger partial charge in [-0.25, -0.2) is 0 Å². The van der Waals surface area contributed by atoms with Gasteiger partial charge in [0.1, 0.15) is 0 Å². The van der Waals surface area contributed by atoms with Crippen LogP contribution < -0.4 is 0 Å². The van der Waals surface area contributed by atoms with Gasteiger partial charge in [0.25, 0.3) is 59.7 Å². The summed E-state index contributed by atoms with van der Waals surface area (Å²) in [5.74, 6) is -8.33. The molecule has 0 fully saturated rings. The Morgan fingerprint density at radius 3 is 0.238 bits per heavy atom. The molecule has 0 saturated heterocycles. The minimum absolute atomic E-state index is 0.833. The van der Waals surface area contributed by atoms with Crippen molar-refractivity contribution in [3.63, 3.8) is 0 Å². The molecule has 253 valence electrons. The standard InChI is InChI=1S/10C2H4O2.C2H5/c10*1-2(3)4;1-2/h10*1H3,(H,3,4);1H2,2H3. The first kappa shape index (κ1) is 70.8. The number of aliphatic carboxylic acids is 10. The van der Waals surface area contributed by atoms with Crippen LogP contribution in [0.4, 0.5) is 0 Å². The largest absolute Gasteiger partial charge is 0.481 e. The van der Waals surface area contributed by atoms with E-state index in [1.165, 1.54) is 0 Å². The van der Waals surface area contributed by atoms with Gasteiger partial charge in [0.05, 0.1) is 0 Å². The van der Waals surface area contributed by atoms with Crippen molar-refractivity contribution in [2.45, 2.75) is 76.2 Å². The second kappa shape index (κ2) is 70.5. The summed E-state index contributed by atoms with van der Waals surface area (Å²) in [7, 11) is 0. The highest BCUT2D eigenvalue weighted by molar-refractivity contribution is 5.65. The summed E-state index contributed by atoms with van der Waals surface area (Å²) in [5, 5.41) is 74.2. The van der Waals surface area contributed by atoms with Crippen molar-refractivity contribution in [3.05, 3.63) is 6.92 Å². The van der Waals surface area contributed by atoms with E-state index in [-0.39, 0.29) is 0 Å². The number of hydrogen-bond acceptors (Lipinski definition) is 10. The van der Waals surface area contributed by atoms with Crippen LogP contribution in [-0.2, 0) is 47.9 Å². The van der Waals surface area contributed by atoms with E-state index in [4.69, 9.17) is 99.0 Å². The Hall–Kier alpha value is -5.30. The molecule has 0 aliphatic rings. The van der Waals surface area contributed by atoms with E-state index in [1.807, 2.05) is 0 Å². The van der Waals surface area contributed by atoms with E-state index in [2.05, 4.69) is 6.92 Å². The van der Waals surface area contributed by atoms with Crippen LogP contribution in [0.1, 0.15) is 76.2 Å². The lowest BCUT2D eigenvalue weighted by Gasteiger charge is -1.59. The van der Waals surface area contributed by atoms with Gasteiger partial charge in [0.15, 0.2) is 0 Å². The Labute approximate surface area is 242 Å². The molecule has 1 radical (unpaired) electrons. The Morgan fingerprint density at radius 1 is 0.238 bits per heavy atom. The molecule has 42 heavy (non-hydrogen) atoms. The van der Waals surface area contributed by atoms with Gasteiger partial charge in [-0.3, -0.25) is 47.9 Å². The highest BCUT2D eigenvalue weighted by Gasteiger charge is 1.68. The minimum atomic E-state index is -0.833. The van der Waals surface area contributed by atoms with Crippen LogP contribution >= 0.6 is 0 Å². The van der Waals surface area contributed by atoms with Gasteiger partial charge in [-0.05, 0) is 0 Å². The molecule has 0 heterocycles. The molecular weight excluding hydrogens is 584 g/mol. The van der Waals surface area contributed by atoms with Crippen LogP contribution in [-0.4, -0.2) is 111 Å². The van der Waals surface area contributed by atoms with Gasteiger partial charge in [0.2, 0.25) is 0 Å². The van der Waals surface area contributed by atoms with Crippen molar-refractivity contribution in [3.8, 4) is 0 Å². The predicted molar refractivity (Wildman–Crippen MR) is 144 cm³/mol. The van der Waals surface area contributed by atoms with E-state index in [9.17, 15) is 0 Å². The molecule has 0 aliphatic heterocycles. The van der Waals surface area contributed by atoms with Crippen molar-refractivity contribution in [2.75, 3.05) is 0 Å². The molecule has 0 saturated carbocycles. The molecule has 0 rings (SSSR count). The van der Waals surface area contributed by atoms with Crippen molar-refractivity contribution >= 4 is 59.7 Å². The Bertz CT molecular complexity index is 471. The number of carboxylic acids is 10. The summed E-state index contributed by atoms with van der Waals surface area (Å²) in [5.41, 5.74) is 0. The Balaban J connectivity index is -0.0000000281. The molecule has 0 aromatic carbocycles. The maximum absolute atomic E-state index is 9.00. The van der Waals surface area contributed by atoms with Crippen LogP contribution in [0.15, 0.2) is 0 Å². The van der Waals surface area contributed by atoms with Crippen LogP contribution in [0.2, 0.25) is 0 Å². The fourth-order valence-corrected chi connectivity index (χ4v) is 0. The number of carbonyl (C=O) groups is 10. The van der Waals surface area contributed by atoms with Gasteiger partial charge >= 0.3 is 0 Å². The lowest BCUT2D eigenvalue weighted by molar-refractivity contribution is -0.135. The molecule has 0 aliphatic carbocycles. The Kier molecular flexibility index (Phi) is 119. The molecule has 0 unspecified atom stereocenters. The van der Waals surface area contributed by atoms with Crippen LogP contribution in [0.25, 0.3) is 0 Å². The first-order valence-corrected chi connectivity index (χ1v) is 9.98. The molecular formula is C22H45O20. The fraction of sp³-hybridized carbons (Fsp3) is 0.500. The monoisotopic (exact) mass is 629 g/mol. The van der Waals surface area contributed by atoms with Gasteiger partial charge in [0, 0.05) is 69.2 Å². The molecule has 0 amide bonds. The maximum Gasteiger partial charge on any atom is 0.300 e. The first-order chi connectivity index (χ1) is 18.3. The van der Waals surface area contributed by atoms with E-state index >= 15 is 0 Å². The summed E-state index contributed by atoms with van der Waals surface area (Å²) in [4.78, 5) is 90.0. The third kappa shape index (κ3) is 1400. The van der Waals surface area contributed by atoms with Crippen LogP contribution in [0.3, 0.4) is 0 Å². The summed E-state index contributed by atoms with van der Waals surface area (Å²) in [6.07, 6.45) is 0.